The highest BCUT2D eigenvalue weighted by molar-refractivity contribution is 4.91. The summed E-state index contributed by atoms with van der Waals surface area (Å²) in [5.41, 5.74) is 0.754. The largest absolute Gasteiger partial charge is 0.396 e. The lowest BCUT2D eigenvalue weighted by molar-refractivity contribution is 0.156. The van der Waals surface area contributed by atoms with Crippen LogP contribution in [0.2, 0.25) is 0 Å². The average molecular weight is 242 g/mol. The third kappa shape index (κ3) is 5.25. The molecule has 6 heteroatoms. The van der Waals surface area contributed by atoms with Crippen LogP contribution in [-0.2, 0) is 13.1 Å². The Labute approximate surface area is 102 Å². The van der Waals surface area contributed by atoms with Crippen LogP contribution in [0.25, 0.3) is 0 Å². The number of rotatable bonds is 8. The fourth-order valence-electron chi connectivity index (χ4n) is 1.35. The Balaban J connectivity index is 2.30. The molecule has 98 valence electrons. The topological polar surface area (TPSA) is 83.2 Å². The van der Waals surface area contributed by atoms with Crippen molar-refractivity contribution < 1.29 is 10.2 Å². The highest BCUT2D eigenvalue weighted by Crippen LogP contribution is 2.11. The predicted octanol–water partition coefficient (Wildman–Crippen LogP) is -0.231. The summed E-state index contributed by atoms with van der Waals surface area (Å²) >= 11 is 0. The van der Waals surface area contributed by atoms with E-state index in [1.54, 1.807) is 4.68 Å². The second-order valence-electron chi connectivity index (χ2n) is 4.98. The molecule has 0 bridgehead atoms. The monoisotopic (exact) mass is 242 g/mol. The van der Waals surface area contributed by atoms with Crippen molar-refractivity contribution in [1.82, 2.24) is 20.3 Å². The first kappa shape index (κ1) is 14.1. The molecule has 1 aromatic heterocycles. The van der Waals surface area contributed by atoms with Gasteiger partial charge in [0.25, 0.3) is 0 Å². The molecular weight excluding hydrogens is 220 g/mol. The van der Waals surface area contributed by atoms with Crippen molar-refractivity contribution in [2.24, 2.45) is 5.41 Å². The van der Waals surface area contributed by atoms with Crippen molar-refractivity contribution >= 4 is 0 Å². The number of hydrogen-bond acceptors (Lipinski definition) is 5. The van der Waals surface area contributed by atoms with Crippen molar-refractivity contribution in [3.63, 3.8) is 0 Å². The highest BCUT2D eigenvalue weighted by Gasteiger charge is 2.15. The van der Waals surface area contributed by atoms with Crippen molar-refractivity contribution in [3.8, 4) is 0 Å². The minimum atomic E-state index is -0.118. The molecule has 0 spiro atoms. The van der Waals surface area contributed by atoms with Crippen LogP contribution in [0.1, 0.15) is 26.0 Å². The average Bonchev–Trinajstić information content (AvgIpc) is 2.74. The Kier molecular flexibility index (Phi) is 5.54. The number of nitrogens with one attached hydrogen (secondary N) is 1. The number of aliphatic hydroxyl groups excluding tert-OH is 2. The molecule has 0 amide bonds. The molecule has 1 heterocycles. The second kappa shape index (κ2) is 6.68. The van der Waals surface area contributed by atoms with Gasteiger partial charge in [-0.1, -0.05) is 19.1 Å². The molecule has 0 unspecified atom stereocenters. The number of aromatic nitrogens is 3. The van der Waals surface area contributed by atoms with E-state index >= 15 is 0 Å². The van der Waals surface area contributed by atoms with Crippen LogP contribution in [0.3, 0.4) is 0 Å². The molecule has 0 saturated carbocycles. The van der Waals surface area contributed by atoms with Crippen molar-refractivity contribution in [2.75, 3.05) is 19.8 Å². The molecule has 0 saturated heterocycles. The van der Waals surface area contributed by atoms with Gasteiger partial charge >= 0.3 is 0 Å². The van der Waals surface area contributed by atoms with Crippen LogP contribution in [0, 0.1) is 5.41 Å². The maximum absolute atomic E-state index is 9.10. The van der Waals surface area contributed by atoms with Crippen LogP contribution in [0.5, 0.6) is 0 Å². The van der Waals surface area contributed by atoms with Gasteiger partial charge in [-0.15, -0.1) is 5.10 Å². The minimum absolute atomic E-state index is 0.118. The van der Waals surface area contributed by atoms with Gasteiger partial charge in [0.05, 0.1) is 5.69 Å². The smallest absolute Gasteiger partial charge is 0.0964 e. The molecule has 0 aromatic carbocycles. The lowest BCUT2D eigenvalue weighted by atomic mass is 9.95. The Morgan fingerprint density at radius 2 is 2.18 bits per heavy atom. The first-order valence-corrected chi connectivity index (χ1v) is 5.89. The highest BCUT2D eigenvalue weighted by atomic mass is 16.3. The first-order chi connectivity index (χ1) is 8.07. The van der Waals surface area contributed by atoms with Crippen LogP contribution in [-0.4, -0.2) is 45.0 Å². The number of nitrogens with zero attached hydrogens (tertiary/aromatic N) is 3. The SMILES string of the molecule is CC(C)(CO)CNCc1cn(CCCO)nn1. The molecule has 0 fully saturated rings. The molecule has 0 aliphatic carbocycles. The molecule has 6 nitrogen and oxygen atoms in total. The third-order valence-electron chi connectivity index (χ3n) is 2.47. The van der Waals surface area contributed by atoms with E-state index in [0.717, 1.165) is 12.2 Å². The molecule has 17 heavy (non-hydrogen) atoms. The summed E-state index contributed by atoms with van der Waals surface area (Å²) in [6.45, 7) is 6.37. The second-order valence-corrected chi connectivity index (χ2v) is 4.98. The van der Waals surface area contributed by atoms with Crippen molar-refractivity contribution in [1.29, 1.82) is 0 Å². The zero-order valence-electron chi connectivity index (χ0n) is 10.6. The number of hydrogen-bond donors (Lipinski definition) is 3. The lowest BCUT2D eigenvalue weighted by Gasteiger charge is -2.21. The summed E-state index contributed by atoms with van der Waals surface area (Å²) in [5, 5.41) is 29.0. The van der Waals surface area contributed by atoms with Crippen LogP contribution in [0.4, 0.5) is 0 Å². The van der Waals surface area contributed by atoms with Gasteiger partial charge in [0.1, 0.15) is 0 Å². The maximum atomic E-state index is 9.10. The fourth-order valence-corrected chi connectivity index (χ4v) is 1.35. The van der Waals surface area contributed by atoms with E-state index in [-0.39, 0.29) is 18.6 Å². The predicted molar refractivity (Wildman–Crippen MR) is 64.3 cm³/mol. The van der Waals surface area contributed by atoms with Gasteiger partial charge in [0.2, 0.25) is 0 Å². The van der Waals surface area contributed by atoms with E-state index in [1.807, 2.05) is 20.0 Å². The summed E-state index contributed by atoms with van der Waals surface area (Å²) in [7, 11) is 0. The Bertz CT molecular complexity index is 325. The maximum Gasteiger partial charge on any atom is 0.0964 e. The van der Waals surface area contributed by atoms with Crippen molar-refractivity contribution in [3.05, 3.63) is 11.9 Å². The summed E-state index contributed by atoms with van der Waals surface area (Å²) < 4.78 is 1.73. The zero-order valence-corrected chi connectivity index (χ0v) is 10.6. The van der Waals surface area contributed by atoms with E-state index < -0.39 is 0 Å². The van der Waals surface area contributed by atoms with E-state index in [1.165, 1.54) is 0 Å². The quantitative estimate of drug-likeness (QED) is 0.586. The van der Waals surface area contributed by atoms with E-state index in [0.29, 0.717) is 19.5 Å². The molecule has 0 aliphatic rings. The molecule has 1 rings (SSSR count). The Morgan fingerprint density at radius 1 is 1.41 bits per heavy atom. The van der Waals surface area contributed by atoms with Crippen LogP contribution in [0.15, 0.2) is 6.20 Å². The summed E-state index contributed by atoms with van der Waals surface area (Å²) in [4.78, 5) is 0. The zero-order chi connectivity index (χ0) is 12.7. The van der Waals surface area contributed by atoms with E-state index in [2.05, 4.69) is 15.6 Å². The van der Waals surface area contributed by atoms with Gasteiger partial charge in [-0.05, 0) is 6.42 Å². The molecule has 0 aliphatic heterocycles. The molecule has 3 N–H and O–H groups in total. The van der Waals surface area contributed by atoms with E-state index in [4.69, 9.17) is 10.2 Å². The first-order valence-electron chi connectivity index (χ1n) is 5.89. The standard InChI is InChI=1S/C11H22N4O2/c1-11(2,9-17)8-12-6-10-7-15(14-13-10)4-3-5-16/h7,12,16-17H,3-6,8-9H2,1-2H3. The fraction of sp³-hybridized carbons (Fsp3) is 0.818. The third-order valence-corrected chi connectivity index (χ3v) is 2.47. The normalized spacial score (nSPS) is 12.0. The van der Waals surface area contributed by atoms with Gasteiger partial charge in [-0.3, -0.25) is 4.68 Å². The number of aryl methyl sites for hydroxylation is 1. The Morgan fingerprint density at radius 3 is 2.82 bits per heavy atom. The summed E-state index contributed by atoms with van der Waals surface area (Å²) in [6.07, 6.45) is 2.56. The van der Waals surface area contributed by atoms with Crippen LogP contribution >= 0.6 is 0 Å². The molecule has 0 radical (unpaired) electrons. The number of aliphatic hydroxyl groups is 2. The summed E-state index contributed by atoms with van der Waals surface area (Å²) in [5.74, 6) is 0. The molecule has 0 atom stereocenters. The molecule has 1 aromatic rings. The van der Waals surface area contributed by atoms with Crippen LogP contribution < -0.4 is 5.32 Å². The summed E-state index contributed by atoms with van der Waals surface area (Å²) in [6, 6.07) is 0. The Hall–Kier alpha value is -0.980. The van der Waals surface area contributed by atoms with E-state index in [9.17, 15) is 0 Å². The van der Waals surface area contributed by atoms with Gasteiger partial charge in [-0.25, -0.2) is 0 Å². The van der Waals surface area contributed by atoms with Gasteiger partial charge in [0, 0.05) is 44.5 Å². The van der Waals surface area contributed by atoms with Gasteiger partial charge < -0.3 is 15.5 Å². The lowest BCUT2D eigenvalue weighted by Crippen LogP contribution is -2.31. The van der Waals surface area contributed by atoms with Gasteiger partial charge in [0.15, 0.2) is 0 Å². The van der Waals surface area contributed by atoms with Gasteiger partial charge in [-0.2, -0.15) is 0 Å². The molecular formula is C11H22N4O2. The van der Waals surface area contributed by atoms with Crippen molar-refractivity contribution in [2.45, 2.75) is 33.4 Å². The minimum Gasteiger partial charge on any atom is -0.396 e.